The normalized spacial score (nSPS) is 10.4. The van der Waals surface area contributed by atoms with E-state index in [4.69, 9.17) is 5.26 Å². The Labute approximate surface area is 119 Å². The first-order chi connectivity index (χ1) is 9.65. The third kappa shape index (κ3) is 2.33. The number of nitrogens with one attached hydrogen (secondary N) is 1. The van der Waals surface area contributed by atoms with Crippen LogP contribution < -0.4 is 5.32 Å². The minimum absolute atomic E-state index is 0.0375. The highest BCUT2D eigenvalue weighted by molar-refractivity contribution is 7.22. The van der Waals surface area contributed by atoms with Crippen LogP contribution in [0.15, 0.2) is 36.4 Å². The smallest absolute Gasteiger partial charge is 0.188 e. The van der Waals surface area contributed by atoms with E-state index in [-0.39, 0.29) is 5.56 Å². The van der Waals surface area contributed by atoms with Crippen LogP contribution in [0.1, 0.15) is 11.1 Å². The zero-order chi connectivity index (χ0) is 14.1. The average Bonchev–Trinajstić information content (AvgIpc) is 2.80. The number of benzene rings is 2. The van der Waals surface area contributed by atoms with E-state index in [9.17, 15) is 4.39 Å². The van der Waals surface area contributed by atoms with E-state index < -0.39 is 5.82 Å². The summed E-state index contributed by atoms with van der Waals surface area (Å²) in [6.45, 7) is 2.03. The maximum absolute atomic E-state index is 13.5. The zero-order valence-electron chi connectivity index (χ0n) is 10.6. The van der Waals surface area contributed by atoms with Gasteiger partial charge in [0, 0.05) is 5.69 Å². The molecule has 1 N–H and O–H groups in total. The van der Waals surface area contributed by atoms with E-state index in [1.54, 1.807) is 12.1 Å². The molecule has 0 atom stereocenters. The minimum atomic E-state index is -0.533. The van der Waals surface area contributed by atoms with E-state index in [1.807, 2.05) is 19.1 Å². The van der Waals surface area contributed by atoms with Gasteiger partial charge in [-0.05, 0) is 42.8 Å². The first-order valence-electron chi connectivity index (χ1n) is 5.99. The molecule has 2 aromatic carbocycles. The maximum Gasteiger partial charge on any atom is 0.188 e. The van der Waals surface area contributed by atoms with Crippen LogP contribution in [0.4, 0.5) is 15.2 Å². The molecule has 0 bridgehead atoms. The number of halogens is 1. The lowest BCUT2D eigenvalue weighted by molar-refractivity contribution is 0.624. The van der Waals surface area contributed by atoms with Crippen molar-refractivity contribution in [3.8, 4) is 6.07 Å². The van der Waals surface area contributed by atoms with Gasteiger partial charge in [-0.25, -0.2) is 9.37 Å². The van der Waals surface area contributed by atoms with Gasteiger partial charge in [0.1, 0.15) is 11.9 Å². The van der Waals surface area contributed by atoms with E-state index >= 15 is 0 Å². The Morgan fingerprint density at radius 2 is 2.10 bits per heavy atom. The predicted molar refractivity (Wildman–Crippen MR) is 78.8 cm³/mol. The Bertz CT molecular complexity index is 833. The van der Waals surface area contributed by atoms with Crippen molar-refractivity contribution in [2.24, 2.45) is 0 Å². The van der Waals surface area contributed by atoms with Crippen molar-refractivity contribution in [1.29, 1.82) is 5.26 Å². The average molecular weight is 283 g/mol. The van der Waals surface area contributed by atoms with E-state index in [1.165, 1.54) is 29.0 Å². The number of thiazole rings is 1. The number of nitriles is 1. The molecule has 0 amide bonds. The third-order valence-electron chi connectivity index (χ3n) is 2.88. The summed E-state index contributed by atoms with van der Waals surface area (Å²) in [7, 11) is 0. The first-order valence-corrected chi connectivity index (χ1v) is 6.81. The van der Waals surface area contributed by atoms with Crippen LogP contribution in [0.3, 0.4) is 0 Å². The number of hydrogen-bond donors (Lipinski definition) is 1. The van der Waals surface area contributed by atoms with Gasteiger partial charge in [-0.1, -0.05) is 17.4 Å². The fourth-order valence-corrected chi connectivity index (χ4v) is 2.88. The second-order valence-corrected chi connectivity index (χ2v) is 5.45. The van der Waals surface area contributed by atoms with Crippen molar-refractivity contribution in [1.82, 2.24) is 4.98 Å². The summed E-state index contributed by atoms with van der Waals surface area (Å²) < 4.78 is 14.6. The minimum Gasteiger partial charge on any atom is -0.331 e. The summed E-state index contributed by atoms with van der Waals surface area (Å²) in [4.78, 5) is 4.44. The molecule has 3 rings (SSSR count). The van der Waals surface area contributed by atoms with E-state index in [0.29, 0.717) is 10.8 Å². The van der Waals surface area contributed by atoms with Crippen molar-refractivity contribution in [3.05, 3.63) is 53.3 Å². The summed E-state index contributed by atoms with van der Waals surface area (Å²) in [5.41, 5.74) is 2.71. The SMILES string of the molecule is Cc1ccc2nc(Nc3ccc(C#N)c(F)c3)sc2c1. The molecule has 0 radical (unpaired) electrons. The third-order valence-corrected chi connectivity index (χ3v) is 3.82. The van der Waals surface area contributed by atoms with Gasteiger partial charge < -0.3 is 5.32 Å². The highest BCUT2D eigenvalue weighted by Gasteiger charge is 2.06. The summed E-state index contributed by atoms with van der Waals surface area (Å²) in [6.07, 6.45) is 0. The van der Waals surface area contributed by atoms with Gasteiger partial charge in [-0.3, -0.25) is 0 Å². The van der Waals surface area contributed by atoms with Crippen molar-refractivity contribution < 1.29 is 4.39 Å². The molecule has 20 heavy (non-hydrogen) atoms. The first kappa shape index (κ1) is 12.6. The van der Waals surface area contributed by atoms with Gasteiger partial charge in [-0.2, -0.15) is 5.26 Å². The van der Waals surface area contributed by atoms with Gasteiger partial charge in [0.25, 0.3) is 0 Å². The standard InChI is InChI=1S/C15H10FN3S/c1-9-2-5-13-14(6-9)20-15(19-13)18-11-4-3-10(8-17)12(16)7-11/h2-7H,1H3,(H,18,19). The van der Waals surface area contributed by atoms with Crippen LogP contribution in [0.2, 0.25) is 0 Å². The number of fused-ring (bicyclic) bond motifs is 1. The van der Waals surface area contributed by atoms with Crippen LogP contribution >= 0.6 is 11.3 Å². The molecule has 5 heteroatoms. The number of rotatable bonds is 2. The highest BCUT2D eigenvalue weighted by atomic mass is 32.1. The lowest BCUT2D eigenvalue weighted by Crippen LogP contribution is -1.91. The van der Waals surface area contributed by atoms with Crippen LogP contribution in [0, 0.1) is 24.1 Å². The van der Waals surface area contributed by atoms with Gasteiger partial charge >= 0.3 is 0 Å². The maximum atomic E-state index is 13.5. The summed E-state index contributed by atoms with van der Waals surface area (Å²) >= 11 is 1.51. The number of aryl methyl sites for hydroxylation is 1. The largest absolute Gasteiger partial charge is 0.331 e. The molecule has 98 valence electrons. The molecule has 0 unspecified atom stereocenters. The number of hydrogen-bond acceptors (Lipinski definition) is 4. The second kappa shape index (κ2) is 4.91. The van der Waals surface area contributed by atoms with E-state index in [2.05, 4.69) is 16.4 Å². The molecule has 0 saturated carbocycles. The van der Waals surface area contributed by atoms with Crippen LogP contribution in [0.25, 0.3) is 10.2 Å². The van der Waals surface area contributed by atoms with Crippen LogP contribution in [-0.2, 0) is 0 Å². The highest BCUT2D eigenvalue weighted by Crippen LogP contribution is 2.29. The molecular weight excluding hydrogens is 273 g/mol. The molecule has 1 aromatic heterocycles. The van der Waals surface area contributed by atoms with Crippen molar-refractivity contribution in [2.45, 2.75) is 6.92 Å². The molecule has 0 saturated heterocycles. The Morgan fingerprint density at radius 1 is 1.25 bits per heavy atom. The predicted octanol–water partition coefficient (Wildman–Crippen LogP) is 4.36. The molecule has 0 fully saturated rings. The van der Waals surface area contributed by atoms with E-state index in [0.717, 1.165) is 10.2 Å². The quantitative estimate of drug-likeness (QED) is 0.760. The zero-order valence-corrected chi connectivity index (χ0v) is 11.5. The number of nitrogens with zero attached hydrogens (tertiary/aromatic N) is 2. The number of aromatic nitrogens is 1. The molecular formula is C15H10FN3S. The van der Waals surface area contributed by atoms with Crippen molar-refractivity contribution in [3.63, 3.8) is 0 Å². The van der Waals surface area contributed by atoms with Gasteiger partial charge in [-0.15, -0.1) is 0 Å². The molecule has 0 aliphatic carbocycles. The van der Waals surface area contributed by atoms with Crippen LogP contribution in [0.5, 0.6) is 0 Å². The Kier molecular flexibility index (Phi) is 3.09. The number of anilines is 2. The van der Waals surface area contributed by atoms with Crippen molar-refractivity contribution in [2.75, 3.05) is 5.32 Å². The molecule has 3 nitrogen and oxygen atoms in total. The summed E-state index contributed by atoms with van der Waals surface area (Å²) in [5, 5.41) is 12.5. The Balaban J connectivity index is 1.93. The fraction of sp³-hybridized carbons (Fsp3) is 0.0667. The molecule has 0 aliphatic heterocycles. The lowest BCUT2D eigenvalue weighted by atomic mass is 10.2. The summed E-state index contributed by atoms with van der Waals surface area (Å²) in [5.74, 6) is -0.533. The van der Waals surface area contributed by atoms with Crippen molar-refractivity contribution >= 4 is 32.4 Å². The van der Waals surface area contributed by atoms with Gasteiger partial charge in [0.05, 0.1) is 15.8 Å². The molecule has 1 heterocycles. The fourth-order valence-electron chi connectivity index (χ4n) is 1.89. The topological polar surface area (TPSA) is 48.7 Å². The second-order valence-electron chi connectivity index (χ2n) is 4.42. The van der Waals surface area contributed by atoms with Gasteiger partial charge in [0.2, 0.25) is 0 Å². The summed E-state index contributed by atoms with van der Waals surface area (Å²) in [6, 6.07) is 12.3. The molecule has 3 aromatic rings. The van der Waals surface area contributed by atoms with Gasteiger partial charge in [0.15, 0.2) is 5.13 Å². The lowest BCUT2D eigenvalue weighted by Gasteiger charge is -2.02. The monoisotopic (exact) mass is 283 g/mol. The Hall–Kier alpha value is -2.45. The van der Waals surface area contributed by atoms with Crippen LogP contribution in [-0.4, -0.2) is 4.98 Å². The molecule has 0 spiro atoms. The molecule has 0 aliphatic rings. The Morgan fingerprint density at radius 3 is 2.85 bits per heavy atom.